The van der Waals surface area contributed by atoms with Crippen molar-refractivity contribution >= 4 is 5.97 Å². The van der Waals surface area contributed by atoms with E-state index in [4.69, 9.17) is 0 Å². The number of ether oxygens (including phenoxy) is 1. The van der Waals surface area contributed by atoms with Crippen molar-refractivity contribution < 1.29 is 9.53 Å². The van der Waals surface area contributed by atoms with Crippen molar-refractivity contribution in [3.8, 4) is 11.8 Å². The van der Waals surface area contributed by atoms with E-state index >= 15 is 0 Å². The Hall–Kier alpha value is -1.80. The Balaban J connectivity index is 2.84. The standard InChI is InChI=1S/C9H11N3O2/c1-10-5-3-4-7-6-11-12-8(7)9(13)14-2/h6,10H,5H2,1-2H3,(H,11,12). The fourth-order valence-electron chi connectivity index (χ4n) is 0.866. The van der Waals surface area contributed by atoms with Crippen LogP contribution in [0.25, 0.3) is 0 Å². The maximum absolute atomic E-state index is 11.2. The SMILES string of the molecule is CNCC#Cc1cn[nH]c1C(=O)OC. The van der Waals surface area contributed by atoms with Gasteiger partial charge >= 0.3 is 5.97 Å². The first-order chi connectivity index (χ1) is 6.79. The molecule has 0 saturated heterocycles. The molecule has 0 bridgehead atoms. The Morgan fingerprint density at radius 3 is 3.21 bits per heavy atom. The predicted molar refractivity (Wildman–Crippen MR) is 50.7 cm³/mol. The monoisotopic (exact) mass is 193 g/mol. The van der Waals surface area contributed by atoms with Gasteiger partial charge in [0.05, 0.1) is 25.4 Å². The molecule has 0 aromatic carbocycles. The number of hydrogen-bond donors (Lipinski definition) is 2. The van der Waals surface area contributed by atoms with Crippen LogP contribution in [-0.2, 0) is 4.74 Å². The molecule has 0 spiro atoms. The second kappa shape index (κ2) is 5.04. The number of aromatic amines is 1. The van der Waals surface area contributed by atoms with Gasteiger partial charge < -0.3 is 10.1 Å². The molecule has 74 valence electrons. The lowest BCUT2D eigenvalue weighted by atomic mass is 10.2. The second-order valence-electron chi connectivity index (χ2n) is 2.48. The molecule has 2 N–H and O–H groups in total. The number of methoxy groups -OCH3 is 1. The number of hydrogen-bond acceptors (Lipinski definition) is 4. The first-order valence-electron chi connectivity index (χ1n) is 4.04. The van der Waals surface area contributed by atoms with Crippen molar-refractivity contribution in [2.24, 2.45) is 0 Å². The average molecular weight is 193 g/mol. The summed E-state index contributed by atoms with van der Waals surface area (Å²) in [6, 6.07) is 0. The van der Waals surface area contributed by atoms with Crippen LogP contribution in [0.2, 0.25) is 0 Å². The molecule has 0 atom stereocenters. The van der Waals surface area contributed by atoms with Gasteiger partial charge in [0, 0.05) is 0 Å². The van der Waals surface area contributed by atoms with Crippen LogP contribution in [0, 0.1) is 11.8 Å². The molecule has 1 aromatic rings. The van der Waals surface area contributed by atoms with Crippen LogP contribution in [0.1, 0.15) is 16.1 Å². The minimum absolute atomic E-state index is 0.288. The largest absolute Gasteiger partial charge is 0.464 e. The Kier molecular flexibility index (Phi) is 3.70. The summed E-state index contributed by atoms with van der Waals surface area (Å²) < 4.78 is 4.55. The minimum atomic E-state index is -0.462. The van der Waals surface area contributed by atoms with Crippen molar-refractivity contribution in [1.29, 1.82) is 0 Å². The molecule has 1 heterocycles. The van der Waals surface area contributed by atoms with E-state index in [0.29, 0.717) is 12.1 Å². The molecule has 0 aliphatic carbocycles. The smallest absolute Gasteiger partial charge is 0.357 e. The van der Waals surface area contributed by atoms with Crippen LogP contribution < -0.4 is 5.32 Å². The molecule has 1 aromatic heterocycles. The number of carbonyl (C=O) groups is 1. The molecular weight excluding hydrogens is 182 g/mol. The number of rotatable bonds is 2. The Bertz CT molecular complexity index is 373. The van der Waals surface area contributed by atoms with Crippen molar-refractivity contribution in [3.63, 3.8) is 0 Å². The van der Waals surface area contributed by atoms with Crippen LogP contribution in [-0.4, -0.2) is 36.9 Å². The molecule has 0 unspecified atom stereocenters. The molecule has 5 heteroatoms. The second-order valence-corrected chi connectivity index (χ2v) is 2.48. The molecule has 0 saturated carbocycles. The van der Waals surface area contributed by atoms with E-state index in [0.717, 1.165) is 0 Å². The third-order valence-electron chi connectivity index (χ3n) is 1.52. The summed E-state index contributed by atoms with van der Waals surface area (Å²) in [5.41, 5.74) is 0.836. The normalized spacial score (nSPS) is 9.00. The van der Waals surface area contributed by atoms with Crippen LogP contribution in [0.3, 0.4) is 0 Å². The van der Waals surface area contributed by atoms with Gasteiger partial charge in [-0.15, -0.1) is 0 Å². The van der Waals surface area contributed by atoms with Gasteiger partial charge in [-0.3, -0.25) is 5.10 Å². The summed E-state index contributed by atoms with van der Waals surface area (Å²) in [6.07, 6.45) is 1.49. The first kappa shape index (κ1) is 10.3. The van der Waals surface area contributed by atoms with E-state index in [1.54, 1.807) is 7.05 Å². The molecule has 0 aliphatic rings. The van der Waals surface area contributed by atoms with Gasteiger partial charge in [-0.05, 0) is 7.05 Å². The van der Waals surface area contributed by atoms with Gasteiger partial charge in [0.25, 0.3) is 0 Å². The summed E-state index contributed by atoms with van der Waals surface area (Å²) in [4.78, 5) is 11.2. The zero-order valence-corrected chi connectivity index (χ0v) is 8.05. The summed E-state index contributed by atoms with van der Waals surface area (Å²) >= 11 is 0. The van der Waals surface area contributed by atoms with Gasteiger partial charge in [0.2, 0.25) is 0 Å². The third-order valence-corrected chi connectivity index (χ3v) is 1.52. The van der Waals surface area contributed by atoms with Crippen LogP contribution in [0.15, 0.2) is 6.20 Å². The van der Waals surface area contributed by atoms with E-state index in [2.05, 4.69) is 32.1 Å². The van der Waals surface area contributed by atoms with E-state index in [9.17, 15) is 4.79 Å². The molecule has 1 rings (SSSR count). The topological polar surface area (TPSA) is 67.0 Å². The Morgan fingerprint density at radius 1 is 1.79 bits per heavy atom. The van der Waals surface area contributed by atoms with Crippen LogP contribution in [0.5, 0.6) is 0 Å². The molecule has 5 nitrogen and oxygen atoms in total. The summed E-state index contributed by atoms with van der Waals surface area (Å²) in [6.45, 7) is 0.561. The first-order valence-corrected chi connectivity index (χ1v) is 4.04. The number of aromatic nitrogens is 2. The zero-order chi connectivity index (χ0) is 10.4. The average Bonchev–Trinajstić information content (AvgIpc) is 2.65. The van der Waals surface area contributed by atoms with Crippen LogP contribution >= 0.6 is 0 Å². The van der Waals surface area contributed by atoms with E-state index < -0.39 is 5.97 Å². The lowest BCUT2D eigenvalue weighted by Crippen LogP contribution is -2.05. The fraction of sp³-hybridized carbons (Fsp3) is 0.333. The highest BCUT2D eigenvalue weighted by Crippen LogP contribution is 2.03. The highest BCUT2D eigenvalue weighted by atomic mass is 16.5. The lowest BCUT2D eigenvalue weighted by Gasteiger charge is -1.94. The van der Waals surface area contributed by atoms with E-state index in [-0.39, 0.29) is 5.69 Å². The van der Waals surface area contributed by atoms with Crippen molar-refractivity contribution in [2.75, 3.05) is 20.7 Å². The lowest BCUT2D eigenvalue weighted by molar-refractivity contribution is 0.0593. The molecule has 14 heavy (non-hydrogen) atoms. The van der Waals surface area contributed by atoms with Gasteiger partial charge in [-0.25, -0.2) is 4.79 Å². The highest BCUT2D eigenvalue weighted by molar-refractivity contribution is 5.89. The van der Waals surface area contributed by atoms with Crippen molar-refractivity contribution in [3.05, 3.63) is 17.5 Å². The van der Waals surface area contributed by atoms with E-state index in [1.165, 1.54) is 13.3 Å². The fourth-order valence-corrected chi connectivity index (χ4v) is 0.866. The maximum atomic E-state index is 11.2. The van der Waals surface area contributed by atoms with Gasteiger partial charge in [-0.2, -0.15) is 5.10 Å². The molecule has 0 fully saturated rings. The van der Waals surface area contributed by atoms with Gasteiger partial charge in [0.15, 0.2) is 5.69 Å². The third kappa shape index (κ3) is 2.34. The summed E-state index contributed by atoms with van der Waals surface area (Å²) in [5.74, 6) is 5.17. The number of nitrogens with one attached hydrogen (secondary N) is 2. The van der Waals surface area contributed by atoms with Gasteiger partial charge in [0.1, 0.15) is 0 Å². The quantitative estimate of drug-likeness (QED) is 0.503. The molecular formula is C9H11N3O2. The highest BCUT2D eigenvalue weighted by Gasteiger charge is 2.11. The Labute approximate surface area is 81.8 Å². The predicted octanol–water partition coefficient (Wildman–Crippen LogP) is -0.233. The number of nitrogens with zero attached hydrogens (tertiary/aromatic N) is 1. The summed E-state index contributed by atoms with van der Waals surface area (Å²) in [7, 11) is 3.11. The van der Waals surface area contributed by atoms with Crippen molar-refractivity contribution in [1.82, 2.24) is 15.5 Å². The molecule has 0 amide bonds. The Morgan fingerprint density at radius 2 is 2.57 bits per heavy atom. The van der Waals surface area contributed by atoms with Crippen LogP contribution in [0.4, 0.5) is 0 Å². The zero-order valence-electron chi connectivity index (χ0n) is 8.05. The molecule has 0 aliphatic heterocycles. The van der Waals surface area contributed by atoms with Gasteiger partial charge in [-0.1, -0.05) is 11.8 Å². The minimum Gasteiger partial charge on any atom is -0.464 e. The molecule has 0 radical (unpaired) electrons. The summed E-state index contributed by atoms with van der Waals surface area (Å²) in [5, 5.41) is 9.13. The van der Waals surface area contributed by atoms with E-state index in [1.807, 2.05) is 0 Å². The van der Waals surface area contributed by atoms with Crippen molar-refractivity contribution in [2.45, 2.75) is 0 Å². The number of carbonyl (C=O) groups excluding carboxylic acids is 1. The maximum Gasteiger partial charge on any atom is 0.357 e. The number of H-pyrrole nitrogens is 1. The number of esters is 1.